The average Bonchev–Trinajstić information content (AvgIpc) is 2.29. The summed E-state index contributed by atoms with van der Waals surface area (Å²) in [5, 5.41) is 9.55. The highest BCUT2D eigenvalue weighted by Gasteiger charge is 2.09. The molecule has 0 unspecified atom stereocenters. The lowest BCUT2D eigenvalue weighted by atomic mass is 9.99. The minimum Gasteiger partial charge on any atom is -0.478 e. The molecule has 0 bridgehead atoms. The normalized spacial score (nSPS) is 10.2. The molecule has 0 spiro atoms. The molecule has 0 saturated heterocycles. The van der Waals surface area contributed by atoms with E-state index in [1.807, 2.05) is 13.0 Å². The molecule has 2 nitrogen and oxygen atoms in total. The monoisotopic (exact) mass is 245 g/mol. The van der Waals surface area contributed by atoms with Crippen LogP contribution in [-0.4, -0.2) is 11.1 Å². The summed E-state index contributed by atoms with van der Waals surface area (Å²) < 4.78 is 0. The summed E-state index contributed by atoms with van der Waals surface area (Å²) in [5.74, 6) is -0.944. The molecule has 2 aromatic rings. The minimum absolute atomic E-state index is 0.252. The third-order valence-corrected chi connectivity index (χ3v) is 2.86. The molecule has 3 heteroatoms. The number of benzene rings is 2. The molecule has 0 aliphatic heterocycles. The van der Waals surface area contributed by atoms with Crippen LogP contribution in [0.2, 0.25) is 5.02 Å². The smallest absolute Gasteiger partial charge is 0.335 e. The van der Waals surface area contributed by atoms with E-state index in [4.69, 9.17) is 16.7 Å². The van der Waals surface area contributed by atoms with Crippen LogP contribution in [0.3, 0.4) is 0 Å². The number of aryl methyl sites for hydroxylation is 1. The van der Waals surface area contributed by atoms with Crippen LogP contribution in [0.15, 0.2) is 36.4 Å². The van der Waals surface area contributed by atoms with E-state index >= 15 is 0 Å². The summed E-state index contributed by atoms with van der Waals surface area (Å²) in [6, 6.07) is 13.3. The van der Waals surface area contributed by atoms with E-state index in [0.717, 1.165) is 16.7 Å². The van der Waals surface area contributed by atoms with Gasteiger partial charge in [-0.3, -0.25) is 0 Å². The minimum atomic E-state index is -0.944. The van der Waals surface area contributed by atoms with Crippen LogP contribution in [-0.2, 0) is 0 Å². The number of hydrogen-bond donors (Lipinski definition) is 1. The Bertz CT molecular complexity index is 556. The van der Waals surface area contributed by atoms with E-state index < -0.39 is 5.97 Å². The SMILES string of the molecule is Cc1[c]ccc(Cl)c1-c1cccc(C(=O)O)c1. The fourth-order valence-electron chi connectivity index (χ4n) is 1.74. The maximum absolute atomic E-state index is 10.9. The molecule has 0 aromatic heterocycles. The van der Waals surface area contributed by atoms with Crippen LogP contribution in [0.5, 0.6) is 0 Å². The van der Waals surface area contributed by atoms with Crippen molar-refractivity contribution in [1.29, 1.82) is 0 Å². The third kappa shape index (κ3) is 2.32. The van der Waals surface area contributed by atoms with Gasteiger partial charge in [0.25, 0.3) is 0 Å². The molecule has 0 amide bonds. The van der Waals surface area contributed by atoms with Gasteiger partial charge < -0.3 is 5.11 Å². The van der Waals surface area contributed by atoms with E-state index in [2.05, 4.69) is 6.07 Å². The number of hydrogen-bond acceptors (Lipinski definition) is 1. The standard InChI is InChI=1S/C14H10ClO2/c1-9-4-2-7-12(15)13(9)10-5-3-6-11(8-10)14(16)17/h2-3,5-8H,1H3,(H,16,17). The second-order valence-corrected chi connectivity index (χ2v) is 4.12. The van der Waals surface area contributed by atoms with Crippen LogP contribution < -0.4 is 0 Å². The Kier molecular flexibility index (Phi) is 3.16. The van der Waals surface area contributed by atoms with Gasteiger partial charge in [-0.25, -0.2) is 4.79 Å². The van der Waals surface area contributed by atoms with Gasteiger partial charge in [-0.2, -0.15) is 0 Å². The van der Waals surface area contributed by atoms with Crippen molar-refractivity contribution in [3.8, 4) is 11.1 Å². The molecule has 0 aliphatic rings. The lowest BCUT2D eigenvalue weighted by molar-refractivity contribution is 0.0697. The summed E-state index contributed by atoms with van der Waals surface area (Å²) >= 11 is 6.13. The summed E-state index contributed by atoms with van der Waals surface area (Å²) in [6.45, 7) is 1.90. The maximum Gasteiger partial charge on any atom is 0.335 e. The van der Waals surface area contributed by atoms with Crippen molar-refractivity contribution in [2.24, 2.45) is 0 Å². The molecule has 1 N–H and O–H groups in total. The molecule has 85 valence electrons. The highest BCUT2D eigenvalue weighted by atomic mass is 35.5. The van der Waals surface area contributed by atoms with Gasteiger partial charge in [-0.15, -0.1) is 0 Å². The van der Waals surface area contributed by atoms with Gasteiger partial charge in [0, 0.05) is 10.6 Å². The largest absolute Gasteiger partial charge is 0.478 e. The lowest BCUT2D eigenvalue weighted by Crippen LogP contribution is -1.96. The van der Waals surface area contributed by atoms with Gasteiger partial charge in [-0.05, 0) is 42.3 Å². The van der Waals surface area contributed by atoms with Crippen LogP contribution in [0.4, 0.5) is 0 Å². The molecule has 2 rings (SSSR count). The number of carboxylic acids is 1. The fourth-order valence-corrected chi connectivity index (χ4v) is 2.05. The molecule has 1 radical (unpaired) electrons. The number of rotatable bonds is 2. The zero-order chi connectivity index (χ0) is 12.4. The summed E-state index contributed by atoms with van der Waals surface area (Å²) in [5.41, 5.74) is 2.78. The predicted octanol–water partition coefficient (Wildman–Crippen LogP) is 3.81. The number of aromatic carboxylic acids is 1. The summed E-state index contributed by atoms with van der Waals surface area (Å²) in [6.07, 6.45) is 0. The van der Waals surface area contributed by atoms with Crippen molar-refractivity contribution in [3.05, 3.63) is 58.6 Å². The van der Waals surface area contributed by atoms with E-state index in [0.29, 0.717) is 5.02 Å². The van der Waals surface area contributed by atoms with Crippen LogP contribution >= 0.6 is 11.6 Å². The van der Waals surface area contributed by atoms with Gasteiger partial charge in [0.05, 0.1) is 5.56 Å². The molecule has 0 atom stereocenters. The van der Waals surface area contributed by atoms with Gasteiger partial charge >= 0.3 is 5.97 Å². The molecule has 0 fully saturated rings. The highest BCUT2D eigenvalue weighted by Crippen LogP contribution is 2.31. The van der Waals surface area contributed by atoms with Crippen molar-refractivity contribution in [2.45, 2.75) is 6.92 Å². The average molecular weight is 246 g/mol. The summed E-state index contributed by atoms with van der Waals surface area (Å²) in [7, 11) is 0. The first-order valence-corrected chi connectivity index (χ1v) is 5.48. The van der Waals surface area contributed by atoms with E-state index in [1.165, 1.54) is 0 Å². The Morgan fingerprint density at radius 1 is 1.35 bits per heavy atom. The zero-order valence-corrected chi connectivity index (χ0v) is 9.95. The quantitative estimate of drug-likeness (QED) is 0.874. The molecule has 2 aromatic carbocycles. The second kappa shape index (κ2) is 4.60. The first-order chi connectivity index (χ1) is 8.09. The molecule has 0 heterocycles. The maximum atomic E-state index is 10.9. The number of halogens is 1. The van der Waals surface area contributed by atoms with Crippen molar-refractivity contribution < 1.29 is 9.90 Å². The lowest BCUT2D eigenvalue weighted by Gasteiger charge is -2.08. The topological polar surface area (TPSA) is 37.3 Å². The molecular weight excluding hydrogens is 236 g/mol. The van der Waals surface area contributed by atoms with Gasteiger partial charge in [0.1, 0.15) is 0 Å². The van der Waals surface area contributed by atoms with E-state index in [1.54, 1.807) is 30.3 Å². The van der Waals surface area contributed by atoms with Crippen LogP contribution in [0.25, 0.3) is 11.1 Å². The predicted molar refractivity (Wildman–Crippen MR) is 67.4 cm³/mol. The van der Waals surface area contributed by atoms with Crippen molar-refractivity contribution in [1.82, 2.24) is 0 Å². The van der Waals surface area contributed by atoms with E-state index in [9.17, 15) is 4.79 Å². The third-order valence-electron chi connectivity index (χ3n) is 2.54. The number of carboxylic acid groups (broad SMARTS) is 1. The molecular formula is C14H10ClO2. The van der Waals surface area contributed by atoms with Crippen molar-refractivity contribution in [2.75, 3.05) is 0 Å². The van der Waals surface area contributed by atoms with Crippen LogP contribution in [0.1, 0.15) is 15.9 Å². The first kappa shape index (κ1) is 11.7. The number of carbonyl (C=O) groups is 1. The molecule has 0 saturated carbocycles. The van der Waals surface area contributed by atoms with E-state index in [-0.39, 0.29) is 5.56 Å². The Balaban J connectivity index is 2.61. The first-order valence-electron chi connectivity index (χ1n) is 5.10. The Labute approximate surface area is 104 Å². The molecule has 0 aliphatic carbocycles. The van der Waals surface area contributed by atoms with Gasteiger partial charge in [-0.1, -0.05) is 29.8 Å². The van der Waals surface area contributed by atoms with Crippen LogP contribution in [0, 0.1) is 13.0 Å². The Morgan fingerprint density at radius 2 is 2.12 bits per heavy atom. The van der Waals surface area contributed by atoms with Gasteiger partial charge in [0.15, 0.2) is 0 Å². The second-order valence-electron chi connectivity index (χ2n) is 3.71. The fraction of sp³-hybridized carbons (Fsp3) is 0.0714. The molecule has 17 heavy (non-hydrogen) atoms. The Hall–Kier alpha value is -1.80. The van der Waals surface area contributed by atoms with Crippen molar-refractivity contribution >= 4 is 17.6 Å². The van der Waals surface area contributed by atoms with Crippen molar-refractivity contribution in [3.63, 3.8) is 0 Å². The summed E-state index contributed by atoms with van der Waals surface area (Å²) in [4.78, 5) is 10.9. The Morgan fingerprint density at radius 3 is 2.76 bits per heavy atom. The van der Waals surface area contributed by atoms with Gasteiger partial charge in [0.2, 0.25) is 0 Å². The zero-order valence-electron chi connectivity index (χ0n) is 9.20. The highest BCUT2D eigenvalue weighted by molar-refractivity contribution is 6.33.